The maximum Gasteiger partial charge on any atom is 0.145 e. The average molecular weight is 565 g/mol. The number of aromatic nitrogens is 2. The summed E-state index contributed by atoms with van der Waals surface area (Å²) in [6, 6.07) is 9.16. The third kappa shape index (κ3) is 6.99. The standard InChI is InChI=1S/C26H41IN6/c1-20-15-21(18-27)17-22(16-20)33-13-11-32(12-14-33)19-25-29-24-8-5-4-7-23(24)26(30-25)28-9-6-10-31(2)3/h4-5,7-8,20-22H,6,9-19H2,1-3H3,(H,28,29,30). The summed E-state index contributed by atoms with van der Waals surface area (Å²) in [7, 11) is 4.24. The molecule has 0 spiro atoms. The van der Waals surface area contributed by atoms with E-state index >= 15 is 0 Å². The van der Waals surface area contributed by atoms with Crippen LogP contribution in [-0.4, -0.2) is 88.5 Å². The first-order valence-electron chi connectivity index (χ1n) is 12.7. The van der Waals surface area contributed by atoms with Gasteiger partial charge in [-0.05, 0) is 70.3 Å². The van der Waals surface area contributed by atoms with Gasteiger partial charge in [0.2, 0.25) is 0 Å². The van der Waals surface area contributed by atoms with Gasteiger partial charge in [0, 0.05) is 48.6 Å². The van der Waals surface area contributed by atoms with Crippen LogP contribution in [0.2, 0.25) is 0 Å². The minimum Gasteiger partial charge on any atom is -0.369 e. The number of hydrogen-bond acceptors (Lipinski definition) is 6. The molecule has 1 saturated carbocycles. The van der Waals surface area contributed by atoms with E-state index in [1.807, 2.05) is 0 Å². The van der Waals surface area contributed by atoms with Crippen molar-refractivity contribution in [1.29, 1.82) is 0 Å². The summed E-state index contributed by atoms with van der Waals surface area (Å²) in [5.41, 5.74) is 1.04. The minimum absolute atomic E-state index is 0.783. The molecule has 2 fully saturated rings. The van der Waals surface area contributed by atoms with Crippen LogP contribution in [0.1, 0.15) is 38.4 Å². The SMILES string of the molecule is CC1CC(CI)CC(N2CCN(Cc3nc(NCCCN(C)C)c4ccccc4n3)CC2)C1. The summed E-state index contributed by atoms with van der Waals surface area (Å²) in [5.74, 6) is 3.70. The second-order valence-electron chi connectivity index (χ2n) is 10.4. The molecule has 1 aliphatic carbocycles. The van der Waals surface area contributed by atoms with Crippen molar-refractivity contribution in [3.05, 3.63) is 30.1 Å². The molecule has 33 heavy (non-hydrogen) atoms. The monoisotopic (exact) mass is 564 g/mol. The highest BCUT2D eigenvalue weighted by molar-refractivity contribution is 14.1. The van der Waals surface area contributed by atoms with Gasteiger partial charge in [-0.25, -0.2) is 9.97 Å². The van der Waals surface area contributed by atoms with Crippen molar-refractivity contribution < 1.29 is 0 Å². The fraction of sp³-hybridized carbons (Fsp3) is 0.692. The van der Waals surface area contributed by atoms with Gasteiger partial charge in [-0.2, -0.15) is 0 Å². The molecule has 2 aromatic rings. The summed E-state index contributed by atoms with van der Waals surface area (Å²) >= 11 is 2.59. The van der Waals surface area contributed by atoms with E-state index in [0.29, 0.717) is 0 Å². The van der Waals surface area contributed by atoms with Crippen LogP contribution in [0.5, 0.6) is 0 Å². The second kappa shape index (κ2) is 12.1. The van der Waals surface area contributed by atoms with Gasteiger partial charge in [-0.1, -0.05) is 41.6 Å². The summed E-state index contributed by atoms with van der Waals surface area (Å²) in [5, 5.41) is 4.70. The van der Waals surface area contributed by atoms with Crippen LogP contribution >= 0.6 is 22.6 Å². The number of fused-ring (bicyclic) bond motifs is 1. The molecule has 2 heterocycles. The predicted octanol–water partition coefficient (Wildman–Crippen LogP) is 4.35. The van der Waals surface area contributed by atoms with Gasteiger partial charge >= 0.3 is 0 Å². The largest absolute Gasteiger partial charge is 0.369 e. The lowest BCUT2D eigenvalue weighted by Crippen LogP contribution is -2.51. The number of hydrogen-bond donors (Lipinski definition) is 1. The molecule has 0 amide bonds. The number of piperazine rings is 1. The molecule has 1 aromatic heterocycles. The molecule has 1 N–H and O–H groups in total. The molecule has 3 atom stereocenters. The summed E-state index contributed by atoms with van der Waals surface area (Å²) < 4.78 is 1.31. The van der Waals surface area contributed by atoms with Crippen molar-refractivity contribution in [3.8, 4) is 0 Å². The quantitative estimate of drug-likeness (QED) is 0.278. The Balaban J connectivity index is 1.36. The molecule has 4 rings (SSSR count). The van der Waals surface area contributed by atoms with E-state index in [0.717, 1.165) is 79.6 Å². The summed E-state index contributed by atoms with van der Waals surface area (Å²) in [4.78, 5) is 17.4. The van der Waals surface area contributed by atoms with E-state index in [-0.39, 0.29) is 0 Å². The first kappa shape index (κ1) is 25.1. The van der Waals surface area contributed by atoms with Crippen LogP contribution in [-0.2, 0) is 6.54 Å². The number of nitrogens with zero attached hydrogens (tertiary/aromatic N) is 5. The van der Waals surface area contributed by atoms with Crippen molar-refractivity contribution in [1.82, 2.24) is 24.7 Å². The molecule has 6 nitrogen and oxygen atoms in total. The van der Waals surface area contributed by atoms with Gasteiger partial charge in [-0.3, -0.25) is 9.80 Å². The minimum atomic E-state index is 0.783. The zero-order valence-electron chi connectivity index (χ0n) is 20.6. The fourth-order valence-electron chi connectivity index (χ4n) is 5.55. The van der Waals surface area contributed by atoms with Crippen LogP contribution in [0, 0.1) is 11.8 Å². The Hall–Kier alpha value is -1.03. The van der Waals surface area contributed by atoms with Gasteiger partial charge < -0.3 is 10.2 Å². The van der Waals surface area contributed by atoms with Gasteiger partial charge in [0.05, 0.1) is 12.1 Å². The number of para-hydroxylation sites is 1. The van der Waals surface area contributed by atoms with Gasteiger partial charge in [0.25, 0.3) is 0 Å². The normalized spacial score (nSPS) is 25.1. The third-order valence-electron chi connectivity index (χ3n) is 7.25. The highest BCUT2D eigenvalue weighted by Gasteiger charge is 2.31. The van der Waals surface area contributed by atoms with Crippen molar-refractivity contribution in [2.24, 2.45) is 11.8 Å². The average Bonchev–Trinajstić information content (AvgIpc) is 2.81. The fourth-order valence-corrected chi connectivity index (χ4v) is 6.27. The predicted molar refractivity (Wildman–Crippen MR) is 147 cm³/mol. The van der Waals surface area contributed by atoms with Crippen LogP contribution in [0.25, 0.3) is 10.9 Å². The van der Waals surface area contributed by atoms with E-state index in [9.17, 15) is 0 Å². The molecule has 0 bridgehead atoms. The molecule has 182 valence electrons. The third-order valence-corrected chi connectivity index (χ3v) is 8.49. The van der Waals surface area contributed by atoms with E-state index in [1.54, 1.807) is 0 Å². The van der Waals surface area contributed by atoms with Crippen LogP contribution in [0.15, 0.2) is 24.3 Å². The maximum absolute atomic E-state index is 4.96. The Labute approximate surface area is 213 Å². The number of benzene rings is 1. The molecule has 7 heteroatoms. The number of nitrogens with one attached hydrogen (secondary N) is 1. The number of rotatable bonds is 9. The Bertz CT molecular complexity index is 882. The van der Waals surface area contributed by atoms with Gasteiger partial charge in [-0.15, -0.1) is 0 Å². The Morgan fingerprint density at radius 2 is 1.85 bits per heavy atom. The molecule has 1 aliphatic heterocycles. The molecule has 0 radical (unpaired) electrons. The van der Waals surface area contributed by atoms with Crippen molar-refractivity contribution in [2.45, 2.75) is 45.2 Å². The lowest BCUT2D eigenvalue weighted by Gasteiger charge is -2.43. The molecule has 1 aromatic carbocycles. The van der Waals surface area contributed by atoms with E-state index in [4.69, 9.17) is 9.97 Å². The Morgan fingerprint density at radius 1 is 1.06 bits per heavy atom. The van der Waals surface area contributed by atoms with Crippen molar-refractivity contribution >= 4 is 39.3 Å². The van der Waals surface area contributed by atoms with Crippen LogP contribution in [0.3, 0.4) is 0 Å². The van der Waals surface area contributed by atoms with Crippen molar-refractivity contribution in [2.75, 3.05) is 63.1 Å². The summed E-state index contributed by atoms with van der Waals surface area (Å²) in [6.07, 6.45) is 5.29. The smallest absolute Gasteiger partial charge is 0.145 e. The van der Waals surface area contributed by atoms with Gasteiger partial charge in [0.1, 0.15) is 11.6 Å². The molecule has 2 aliphatic rings. The Kier molecular flexibility index (Phi) is 9.19. The highest BCUT2D eigenvalue weighted by Crippen LogP contribution is 2.33. The Morgan fingerprint density at radius 3 is 2.61 bits per heavy atom. The van der Waals surface area contributed by atoms with Crippen molar-refractivity contribution in [3.63, 3.8) is 0 Å². The molecule has 3 unspecified atom stereocenters. The number of halogens is 1. The van der Waals surface area contributed by atoms with E-state index < -0.39 is 0 Å². The first-order chi connectivity index (χ1) is 16.0. The van der Waals surface area contributed by atoms with E-state index in [2.05, 4.69) is 87.9 Å². The second-order valence-corrected chi connectivity index (χ2v) is 11.3. The van der Waals surface area contributed by atoms with E-state index in [1.165, 1.54) is 36.8 Å². The molecular formula is C26H41IN6. The van der Waals surface area contributed by atoms with Crippen LogP contribution < -0.4 is 5.32 Å². The number of alkyl halides is 1. The van der Waals surface area contributed by atoms with Crippen LogP contribution in [0.4, 0.5) is 5.82 Å². The first-order valence-corrected chi connectivity index (χ1v) is 14.2. The zero-order chi connectivity index (χ0) is 23.2. The lowest BCUT2D eigenvalue weighted by atomic mass is 9.79. The topological polar surface area (TPSA) is 47.5 Å². The zero-order valence-corrected chi connectivity index (χ0v) is 22.8. The molecule has 1 saturated heterocycles. The number of anilines is 1. The summed E-state index contributed by atoms with van der Waals surface area (Å²) in [6.45, 7) is 9.86. The van der Waals surface area contributed by atoms with Gasteiger partial charge in [0.15, 0.2) is 0 Å². The maximum atomic E-state index is 4.96. The highest BCUT2D eigenvalue weighted by atomic mass is 127. The lowest BCUT2D eigenvalue weighted by molar-refractivity contribution is 0.0539. The molecular weight excluding hydrogens is 523 g/mol.